The Morgan fingerprint density at radius 3 is 2.13 bits per heavy atom. The third-order valence-electron chi connectivity index (χ3n) is 4.44. The molecule has 1 heterocycles. The van der Waals surface area contributed by atoms with Crippen molar-refractivity contribution < 1.29 is 36.0 Å². The molecule has 4 nitrogen and oxygen atoms in total. The number of carbonyl (C=O) groups is 1. The molecule has 0 fully saturated rings. The highest BCUT2D eigenvalue weighted by atomic mass is 35.5. The third kappa shape index (κ3) is 3.93. The summed E-state index contributed by atoms with van der Waals surface area (Å²) in [6, 6.07) is 5.46. The van der Waals surface area contributed by atoms with Crippen LogP contribution in [0.4, 0.5) is 26.3 Å². The highest BCUT2D eigenvalue weighted by Crippen LogP contribution is 2.50. The fourth-order valence-corrected chi connectivity index (χ4v) is 3.54. The molecule has 0 saturated carbocycles. The van der Waals surface area contributed by atoms with Crippen LogP contribution in [0.3, 0.4) is 0 Å². The lowest BCUT2D eigenvalue weighted by molar-refractivity contribution is -0.275. The van der Waals surface area contributed by atoms with Crippen LogP contribution in [0.2, 0.25) is 10.0 Å². The fourth-order valence-electron chi connectivity index (χ4n) is 3.02. The predicted molar refractivity (Wildman–Crippen MR) is 96.4 cm³/mol. The molecule has 2 aromatic rings. The average Bonchev–Trinajstić information content (AvgIpc) is 3.06. The lowest BCUT2D eigenvalue weighted by Crippen LogP contribution is -2.42. The second-order valence-corrected chi connectivity index (χ2v) is 7.28. The van der Waals surface area contributed by atoms with Gasteiger partial charge in [0.2, 0.25) is 5.91 Å². The van der Waals surface area contributed by atoms with Crippen LogP contribution in [0.15, 0.2) is 41.6 Å². The molecular weight excluding hydrogens is 461 g/mol. The van der Waals surface area contributed by atoms with Crippen molar-refractivity contribution in [3.63, 3.8) is 0 Å². The standard InChI is InChI=1S/C18H10Cl2F6N2O2/c19-10-4-9(5-11(20)6-10)16(18(24,25)26)7-14(28-30-16)8-1-2-12(15(27)29)13(3-8)17(21,22)23/h1-6H,7H2,(H2,27,29). The van der Waals surface area contributed by atoms with E-state index in [1.165, 1.54) is 6.07 Å². The van der Waals surface area contributed by atoms with E-state index in [0.717, 1.165) is 24.3 Å². The molecule has 1 atom stereocenters. The number of oxime groups is 1. The summed E-state index contributed by atoms with van der Waals surface area (Å²) in [6.07, 6.45) is -10.9. The number of nitrogens with zero attached hydrogens (tertiary/aromatic N) is 1. The molecule has 0 aromatic heterocycles. The summed E-state index contributed by atoms with van der Waals surface area (Å²) in [6.45, 7) is 0. The van der Waals surface area contributed by atoms with Gasteiger partial charge in [0.25, 0.3) is 5.60 Å². The molecule has 3 rings (SSSR count). The van der Waals surface area contributed by atoms with Gasteiger partial charge in [0, 0.05) is 27.6 Å². The second-order valence-electron chi connectivity index (χ2n) is 6.41. The normalized spacial score (nSPS) is 19.4. The van der Waals surface area contributed by atoms with Crippen molar-refractivity contribution in [2.45, 2.75) is 24.4 Å². The molecule has 160 valence electrons. The number of carbonyl (C=O) groups excluding carboxylic acids is 1. The smallest absolute Gasteiger partial charge is 0.374 e. The van der Waals surface area contributed by atoms with Gasteiger partial charge in [0.15, 0.2) is 0 Å². The van der Waals surface area contributed by atoms with Crippen molar-refractivity contribution in [1.29, 1.82) is 0 Å². The molecule has 12 heteroatoms. The van der Waals surface area contributed by atoms with E-state index in [-0.39, 0.29) is 15.6 Å². The zero-order chi connectivity index (χ0) is 22.5. The van der Waals surface area contributed by atoms with Crippen molar-refractivity contribution >= 4 is 34.8 Å². The summed E-state index contributed by atoms with van der Waals surface area (Å²) in [5, 5.41) is 3.20. The van der Waals surface area contributed by atoms with Gasteiger partial charge in [-0.15, -0.1) is 0 Å². The van der Waals surface area contributed by atoms with E-state index >= 15 is 0 Å². The summed E-state index contributed by atoms with van der Waals surface area (Å²) in [4.78, 5) is 16.0. The average molecular weight is 471 g/mol. The summed E-state index contributed by atoms with van der Waals surface area (Å²) >= 11 is 11.6. The van der Waals surface area contributed by atoms with E-state index in [0.29, 0.717) is 6.07 Å². The van der Waals surface area contributed by atoms with Crippen LogP contribution >= 0.6 is 23.2 Å². The van der Waals surface area contributed by atoms with Crippen molar-refractivity contribution in [2.24, 2.45) is 10.9 Å². The maximum absolute atomic E-state index is 14.0. The number of hydrogen-bond acceptors (Lipinski definition) is 3. The Balaban J connectivity index is 2.08. The van der Waals surface area contributed by atoms with Crippen LogP contribution in [-0.4, -0.2) is 17.8 Å². The van der Waals surface area contributed by atoms with Crippen LogP contribution in [0, 0.1) is 0 Å². The van der Waals surface area contributed by atoms with Crippen LogP contribution in [0.1, 0.15) is 33.5 Å². The minimum Gasteiger partial charge on any atom is -0.374 e. The Morgan fingerprint density at radius 1 is 1.03 bits per heavy atom. The maximum atomic E-state index is 14.0. The molecule has 1 amide bonds. The second kappa shape index (κ2) is 7.35. The van der Waals surface area contributed by atoms with E-state index in [1.807, 2.05) is 0 Å². The molecule has 1 unspecified atom stereocenters. The first kappa shape index (κ1) is 22.2. The minimum absolute atomic E-state index is 0.0941. The monoisotopic (exact) mass is 470 g/mol. The minimum atomic E-state index is -5.01. The van der Waals surface area contributed by atoms with Crippen molar-refractivity contribution in [3.05, 3.63) is 68.7 Å². The Labute approximate surface area is 175 Å². The first-order valence-corrected chi connectivity index (χ1v) is 8.80. The predicted octanol–water partition coefficient (Wildman–Crippen LogP) is 5.69. The zero-order valence-electron chi connectivity index (χ0n) is 14.5. The lowest BCUT2D eigenvalue weighted by atomic mass is 9.86. The molecule has 2 N–H and O–H groups in total. The molecule has 0 aliphatic carbocycles. The number of benzene rings is 2. The third-order valence-corrected chi connectivity index (χ3v) is 4.87. The van der Waals surface area contributed by atoms with Gasteiger partial charge in [-0.05, 0) is 30.3 Å². The van der Waals surface area contributed by atoms with E-state index in [9.17, 15) is 31.1 Å². The summed E-state index contributed by atoms with van der Waals surface area (Å²) in [5.41, 5.74) is -1.46. The van der Waals surface area contributed by atoms with Gasteiger partial charge in [-0.25, -0.2) is 0 Å². The molecule has 0 spiro atoms. The van der Waals surface area contributed by atoms with Gasteiger partial charge in [-0.2, -0.15) is 26.3 Å². The topological polar surface area (TPSA) is 64.7 Å². The number of amides is 1. The number of hydrogen-bond donors (Lipinski definition) is 1. The summed E-state index contributed by atoms with van der Waals surface area (Å²) in [5.74, 6) is -1.34. The molecule has 0 bridgehead atoms. The molecular formula is C18H10Cl2F6N2O2. The SMILES string of the molecule is NC(=O)c1ccc(C2=NOC(c3cc(Cl)cc(Cl)c3)(C(F)(F)F)C2)cc1C(F)(F)F. The van der Waals surface area contributed by atoms with E-state index in [1.54, 1.807) is 0 Å². The van der Waals surface area contributed by atoms with Gasteiger partial charge in [0.05, 0.1) is 16.8 Å². The van der Waals surface area contributed by atoms with Crippen LogP contribution in [0.5, 0.6) is 0 Å². The Morgan fingerprint density at radius 2 is 1.63 bits per heavy atom. The van der Waals surface area contributed by atoms with Crippen LogP contribution in [0.25, 0.3) is 0 Å². The van der Waals surface area contributed by atoms with Gasteiger partial charge < -0.3 is 10.6 Å². The van der Waals surface area contributed by atoms with E-state index < -0.39 is 52.7 Å². The van der Waals surface area contributed by atoms with E-state index in [2.05, 4.69) is 5.16 Å². The summed E-state index contributed by atoms with van der Waals surface area (Å²) < 4.78 is 81.7. The number of halogens is 8. The van der Waals surface area contributed by atoms with Crippen molar-refractivity contribution in [2.75, 3.05) is 0 Å². The molecule has 0 saturated heterocycles. The largest absolute Gasteiger partial charge is 0.435 e. The van der Waals surface area contributed by atoms with Crippen molar-refractivity contribution in [3.8, 4) is 0 Å². The number of primary amides is 1. The van der Waals surface area contributed by atoms with Crippen LogP contribution in [-0.2, 0) is 16.6 Å². The van der Waals surface area contributed by atoms with Crippen molar-refractivity contribution in [1.82, 2.24) is 0 Å². The Kier molecular flexibility index (Phi) is 5.44. The Bertz CT molecular complexity index is 1030. The number of nitrogens with two attached hydrogens (primary N) is 1. The number of rotatable bonds is 3. The molecule has 0 radical (unpaired) electrons. The molecule has 2 aromatic carbocycles. The van der Waals surface area contributed by atoms with E-state index in [4.69, 9.17) is 33.8 Å². The highest BCUT2D eigenvalue weighted by Gasteiger charge is 2.62. The van der Waals surface area contributed by atoms with Gasteiger partial charge in [-0.3, -0.25) is 4.79 Å². The van der Waals surface area contributed by atoms with Gasteiger partial charge in [-0.1, -0.05) is 34.4 Å². The zero-order valence-corrected chi connectivity index (χ0v) is 16.0. The maximum Gasteiger partial charge on any atom is 0.435 e. The first-order valence-electron chi connectivity index (χ1n) is 8.04. The molecule has 1 aliphatic heterocycles. The highest BCUT2D eigenvalue weighted by molar-refractivity contribution is 6.34. The molecule has 1 aliphatic rings. The van der Waals surface area contributed by atoms with Gasteiger partial charge in [0.1, 0.15) is 0 Å². The summed E-state index contributed by atoms with van der Waals surface area (Å²) in [7, 11) is 0. The van der Waals surface area contributed by atoms with Gasteiger partial charge >= 0.3 is 12.4 Å². The Hall–Kier alpha value is -2.46. The fraction of sp³-hybridized carbons (Fsp3) is 0.222. The number of alkyl halides is 6. The lowest BCUT2D eigenvalue weighted by Gasteiger charge is -2.29. The molecule has 30 heavy (non-hydrogen) atoms. The first-order chi connectivity index (χ1) is 13.7. The van der Waals surface area contributed by atoms with Crippen LogP contribution < -0.4 is 5.73 Å². The quantitative estimate of drug-likeness (QED) is 0.585.